The zero-order valence-electron chi connectivity index (χ0n) is 11.8. The van der Waals surface area contributed by atoms with Crippen LogP contribution in [0.15, 0.2) is 28.5 Å². The Kier molecular flexibility index (Phi) is 4.81. The van der Waals surface area contributed by atoms with Gasteiger partial charge in [-0.05, 0) is 25.1 Å². The maximum Gasteiger partial charge on any atom is 0.244 e. The van der Waals surface area contributed by atoms with Gasteiger partial charge in [-0.25, -0.2) is 18.1 Å². The second kappa shape index (κ2) is 6.42. The summed E-state index contributed by atoms with van der Waals surface area (Å²) in [4.78, 5) is 4.33. The Balaban J connectivity index is 2.09. The number of nitrogens with one attached hydrogen (secondary N) is 1. The minimum atomic E-state index is -3.67. The lowest BCUT2D eigenvalue weighted by Gasteiger charge is -2.11. The summed E-state index contributed by atoms with van der Waals surface area (Å²) in [6.45, 7) is 2.18. The summed E-state index contributed by atoms with van der Waals surface area (Å²) in [6, 6.07) is 4.51. The SMILES string of the molecule is COc1ccc(N)cc1S(=O)(=O)NCCc1nc(C)cs1. The average Bonchev–Trinajstić information content (AvgIpc) is 2.84. The van der Waals surface area contributed by atoms with Gasteiger partial charge in [-0.3, -0.25) is 0 Å². The molecule has 0 spiro atoms. The number of sulfonamides is 1. The van der Waals surface area contributed by atoms with E-state index in [0.29, 0.717) is 12.1 Å². The number of nitrogens with zero attached hydrogens (tertiary/aromatic N) is 1. The Morgan fingerprint density at radius 1 is 1.43 bits per heavy atom. The lowest BCUT2D eigenvalue weighted by atomic mass is 10.3. The fraction of sp³-hybridized carbons (Fsp3) is 0.308. The van der Waals surface area contributed by atoms with Crippen molar-refractivity contribution < 1.29 is 13.2 Å². The summed E-state index contributed by atoms with van der Waals surface area (Å²) >= 11 is 1.52. The molecular formula is C13H17N3O3S2. The van der Waals surface area contributed by atoms with Crippen molar-refractivity contribution in [2.24, 2.45) is 0 Å². The number of hydrogen-bond donors (Lipinski definition) is 2. The van der Waals surface area contributed by atoms with Gasteiger partial charge in [0.2, 0.25) is 10.0 Å². The molecule has 0 saturated carbocycles. The largest absolute Gasteiger partial charge is 0.495 e. The fourth-order valence-corrected chi connectivity index (χ4v) is 3.80. The van der Waals surface area contributed by atoms with Gasteiger partial charge in [0.15, 0.2) is 0 Å². The Morgan fingerprint density at radius 3 is 2.81 bits per heavy atom. The molecular weight excluding hydrogens is 310 g/mol. The standard InChI is InChI=1S/C13H17N3O3S2/c1-9-8-20-13(16-9)5-6-15-21(17,18)12-7-10(14)3-4-11(12)19-2/h3-4,7-8,15H,5-6,14H2,1-2H3. The van der Waals surface area contributed by atoms with Crippen molar-refractivity contribution in [3.63, 3.8) is 0 Å². The van der Waals surface area contributed by atoms with Crippen molar-refractivity contribution in [2.45, 2.75) is 18.2 Å². The number of rotatable bonds is 6. The van der Waals surface area contributed by atoms with Crippen molar-refractivity contribution in [3.05, 3.63) is 34.3 Å². The van der Waals surface area contributed by atoms with Crippen LogP contribution in [-0.4, -0.2) is 27.1 Å². The molecule has 0 radical (unpaired) electrons. The van der Waals surface area contributed by atoms with E-state index in [-0.39, 0.29) is 17.2 Å². The third-order valence-electron chi connectivity index (χ3n) is 2.77. The highest BCUT2D eigenvalue weighted by molar-refractivity contribution is 7.89. The molecule has 3 N–H and O–H groups in total. The first kappa shape index (κ1) is 15.7. The van der Waals surface area contributed by atoms with Crippen LogP contribution in [0.5, 0.6) is 5.75 Å². The summed E-state index contributed by atoms with van der Waals surface area (Å²) in [5, 5.41) is 2.83. The van der Waals surface area contributed by atoms with Gasteiger partial charge < -0.3 is 10.5 Å². The van der Waals surface area contributed by atoms with Gasteiger partial charge >= 0.3 is 0 Å². The molecule has 21 heavy (non-hydrogen) atoms. The van der Waals surface area contributed by atoms with Gasteiger partial charge in [-0.15, -0.1) is 11.3 Å². The Hall–Kier alpha value is -1.64. The highest BCUT2D eigenvalue weighted by Crippen LogP contribution is 2.25. The van der Waals surface area contributed by atoms with Crippen LogP contribution in [-0.2, 0) is 16.4 Å². The fourth-order valence-electron chi connectivity index (χ4n) is 1.79. The van der Waals surface area contributed by atoms with E-state index in [1.165, 1.54) is 30.6 Å². The van der Waals surface area contributed by atoms with Gasteiger partial charge in [0.1, 0.15) is 10.6 Å². The zero-order valence-corrected chi connectivity index (χ0v) is 13.4. The van der Waals surface area contributed by atoms with Crippen LogP contribution in [0.4, 0.5) is 5.69 Å². The maximum atomic E-state index is 12.3. The third kappa shape index (κ3) is 3.93. The molecule has 1 aromatic carbocycles. The normalized spacial score (nSPS) is 11.5. The van der Waals surface area contributed by atoms with Gasteiger partial charge in [0.05, 0.1) is 12.1 Å². The lowest BCUT2D eigenvalue weighted by molar-refractivity contribution is 0.402. The predicted molar refractivity (Wildman–Crippen MR) is 83.1 cm³/mol. The summed E-state index contributed by atoms with van der Waals surface area (Å²) in [7, 11) is -2.25. The van der Waals surface area contributed by atoms with E-state index in [9.17, 15) is 8.42 Å². The van der Waals surface area contributed by atoms with Crippen LogP contribution in [0.2, 0.25) is 0 Å². The topological polar surface area (TPSA) is 94.3 Å². The van der Waals surface area contributed by atoms with Crippen LogP contribution in [0.25, 0.3) is 0 Å². The van der Waals surface area contributed by atoms with E-state index in [0.717, 1.165) is 10.7 Å². The number of thiazole rings is 1. The highest BCUT2D eigenvalue weighted by atomic mass is 32.2. The second-order valence-corrected chi connectivity index (χ2v) is 7.12. The maximum absolute atomic E-state index is 12.3. The van der Waals surface area contributed by atoms with Crippen LogP contribution in [0.3, 0.4) is 0 Å². The molecule has 8 heteroatoms. The van der Waals surface area contributed by atoms with Gasteiger partial charge in [-0.2, -0.15) is 0 Å². The molecule has 0 aliphatic carbocycles. The number of benzene rings is 1. The van der Waals surface area contributed by atoms with Crippen LogP contribution in [0, 0.1) is 6.92 Å². The lowest BCUT2D eigenvalue weighted by Crippen LogP contribution is -2.26. The first-order valence-electron chi connectivity index (χ1n) is 6.26. The second-order valence-electron chi connectivity index (χ2n) is 4.44. The predicted octanol–water partition coefficient (Wildman–Crippen LogP) is 1.56. The van der Waals surface area contributed by atoms with Crippen molar-refractivity contribution >= 4 is 27.0 Å². The number of aryl methyl sites for hydroxylation is 1. The molecule has 0 saturated heterocycles. The summed E-state index contributed by atoms with van der Waals surface area (Å²) < 4.78 is 32.2. The Labute approximate surface area is 128 Å². The molecule has 1 aromatic heterocycles. The van der Waals surface area contributed by atoms with Crippen LogP contribution < -0.4 is 15.2 Å². The van der Waals surface area contributed by atoms with E-state index in [1.807, 2.05) is 12.3 Å². The number of nitrogens with two attached hydrogens (primary N) is 1. The van der Waals surface area contributed by atoms with Crippen molar-refractivity contribution in [1.82, 2.24) is 9.71 Å². The quantitative estimate of drug-likeness (QED) is 0.785. The molecule has 2 aromatic rings. The molecule has 114 valence electrons. The van der Waals surface area contributed by atoms with Gasteiger partial charge in [0.25, 0.3) is 0 Å². The number of methoxy groups -OCH3 is 1. The number of ether oxygens (including phenoxy) is 1. The summed E-state index contributed by atoms with van der Waals surface area (Å²) in [5.74, 6) is 0.266. The Morgan fingerprint density at radius 2 is 2.19 bits per heavy atom. The molecule has 0 aliphatic rings. The van der Waals surface area contributed by atoms with E-state index in [1.54, 1.807) is 6.07 Å². The molecule has 1 heterocycles. The Bertz CT molecular complexity index is 726. The van der Waals surface area contributed by atoms with E-state index < -0.39 is 10.0 Å². The highest BCUT2D eigenvalue weighted by Gasteiger charge is 2.19. The van der Waals surface area contributed by atoms with Gasteiger partial charge in [-0.1, -0.05) is 0 Å². The monoisotopic (exact) mass is 327 g/mol. The van der Waals surface area contributed by atoms with Crippen molar-refractivity contribution in [2.75, 3.05) is 19.4 Å². The van der Waals surface area contributed by atoms with Gasteiger partial charge in [0, 0.05) is 29.7 Å². The first-order valence-corrected chi connectivity index (χ1v) is 8.63. The average molecular weight is 327 g/mol. The molecule has 0 unspecified atom stereocenters. The molecule has 2 rings (SSSR count). The number of nitrogen functional groups attached to an aromatic ring is 1. The van der Waals surface area contributed by atoms with E-state index in [4.69, 9.17) is 10.5 Å². The third-order valence-corrected chi connectivity index (χ3v) is 5.28. The molecule has 6 nitrogen and oxygen atoms in total. The van der Waals surface area contributed by atoms with Crippen LogP contribution in [0.1, 0.15) is 10.7 Å². The molecule has 0 bridgehead atoms. The minimum absolute atomic E-state index is 0.0420. The molecule has 0 fully saturated rings. The van der Waals surface area contributed by atoms with E-state index >= 15 is 0 Å². The number of anilines is 1. The summed E-state index contributed by atoms with van der Waals surface area (Å²) in [5.41, 5.74) is 6.95. The smallest absolute Gasteiger partial charge is 0.244 e. The zero-order chi connectivity index (χ0) is 15.5. The number of aromatic nitrogens is 1. The molecule has 0 amide bonds. The van der Waals surface area contributed by atoms with Crippen LogP contribution >= 0.6 is 11.3 Å². The first-order chi connectivity index (χ1) is 9.92. The number of hydrogen-bond acceptors (Lipinski definition) is 6. The molecule has 0 atom stereocenters. The minimum Gasteiger partial charge on any atom is -0.495 e. The van der Waals surface area contributed by atoms with Crippen molar-refractivity contribution in [3.8, 4) is 5.75 Å². The summed E-state index contributed by atoms with van der Waals surface area (Å²) in [6.07, 6.45) is 0.544. The van der Waals surface area contributed by atoms with E-state index in [2.05, 4.69) is 9.71 Å². The van der Waals surface area contributed by atoms with Crippen molar-refractivity contribution in [1.29, 1.82) is 0 Å². The molecule has 0 aliphatic heterocycles.